The molecule has 1 rings (SSSR count). The molecule has 0 unspecified atom stereocenters. The number of aryl methyl sites for hydroxylation is 1. The van der Waals surface area contributed by atoms with Gasteiger partial charge in [-0.15, -0.1) is 0 Å². The Bertz CT molecular complexity index is 780. The molecule has 9 nitrogen and oxygen atoms in total. The summed E-state index contributed by atoms with van der Waals surface area (Å²) < 4.78 is 9.98. The summed E-state index contributed by atoms with van der Waals surface area (Å²) in [6.45, 7) is 1.66. The van der Waals surface area contributed by atoms with Crippen LogP contribution in [0.15, 0.2) is 47.8 Å². The maximum atomic E-state index is 12.4. The molecule has 1 atom stereocenters. The number of aromatic hydroxyl groups is 1. The number of oxime groups is 1. The number of hydrogen-bond acceptors (Lipinski definition) is 8. The first kappa shape index (κ1) is 23.4. The summed E-state index contributed by atoms with van der Waals surface area (Å²) in [5.74, 6) is -1.93. The Hall–Kier alpha value is -3.62. The highest BCUT2D eigenvalue weighted by Gasteiger charge is 2.22. The molecule has 2 N–H and O–H groups in total. The zero-order valence-electron chi connectivity index (χ0n) is 16.5. The second-order valence-electron chi connectivity index (χ2n) is 5.72. The lowest BCUT2D eigenvalue weighted by molar-refractivity contribution is -0.142. The number of nitrogens with zero attached hydrogens (tertiary/aromatic N) is 1. The van der Waals surface area contributed by atoms with Crippen molar-refractivity contribution in [2.45, 2.75) is 25.9 Å². The summed E-state index contributed by atoms with van der Waals surface area (Å²) in [5.41, 5.74) is 0.570. The Balaban J connectivity index is 2.72. The van der Waals surface area contributed by atoms with Crippen LogP contribution in [0, 0.1) is 6.92 Å². The first-order valence-electron chi connectivity index (χ1n) is 8.64. The van der Waals surface area contributed by atoms with Gasteiger partial charge in [0.2, 0.25) is 5.91 Å². The van der Waals surface area contributed by atoms with Crippen LogP contribution in [0.3, 0.4) is 0 Å². The summed E-state index contributed by atoms with van der Waals surface area (Å²) in [4.78, 5) is 40.0. The molecule has 9 heteroatoms. The Morgan fingerprint density at radius 2 is 2.03 bits per heavy atom. The average molecular weight is 404 g/mol. The van der Waals surface area contributed by atoms with Crippen molar-refractivity contribution >= 4 is 24.1 Å². The van der Waals surface area contributed by atoms with Gasteiger partial charge in [-0.2, -0.15) is 0 Å². The van der Waals surface area contributed by atoms with E-state index >= 15 is 0 Å². The predicted molar refractivity (Wildman–Crippen MR) is 105 cm³/mol. The molecule has 0 aliphatic heterocycles. The number of allylic oxidation sites excluding steroid dienone is 1. The number of rotatable bonds is 10. The summed E-state index contributed by atoms with van der Waals surface area (Å²) in [5, 5.41) is 15.8. The Labute approximate surface area is 168 Å². The van der Waals surface area contributed by atoms with Crippen molar-refractivity contribution in [3.8, 4) is 5.75 Å². The molecule has 0 saturated carbocycles. The number of phenolic OH excluding ortho intramolecular Hbond substituents is 1. The highest BCUT2D eigenvalue weighted by Crippen LogP contribution is 2.22. The molecule has 1 amide bonds. The fourth-order valence-electron chi connectivity index (χ4n) is 2.21. The third kappa shape index (κ3) is 8.74. The minimum atomic E-state index is -0.841. The van der Waals surface area contributed by atoms with Crippen molar-refractivity contribution in [1.29, 1.82) is 0 Å². The molecule has 0 heterocycles. The molecular formula is C20H24N2O7. The normalized spacial score (nSPS) is 12.2. The lowest BCUT2D eigenvalue weighted by Gasteiger charge is -2.16. The van der Waals surface area contributed by atoms with E-state index in [1.165, 1.54) is 50.9 Å². The molecule has 0 bridgehead atoms. The maximum absolute atomic E-state index is 12.4. The molecule has 0 aliphatic carbocycles. The quantitative estimate of drug-likeness (QED) is 0.264. The average Bonchev–Trinajstić information content (AvgIpc) is 2.68. The number of phenols is 1. The van der Waals surface area contributed by atoms with Crippen LogP contribution in [0.5, 0.6) is 5.75 Å². The number of carbonyl (C=O) groups excluding carboxylic acids is 3. The molecule has 0 radical (unpaired) electrons. The van der Waals surface area contributed by atoms with Crippen LogP contribution in [-0.4, -0.2) is 49.5 Å². The topological polar surface area (TPSA) is 124 Å². The van der Waals surface area contributed by atoms with Crippen molar-refractivity contribution < 1.29 is 33.8 Å². The monoisotopic (exact) mass is 404 g/mol. The summed E-state index contributed by atoms with van der Waals surface area (Å²) >= 11 is 0. The fourth-order valence-corrected chi connectivity index (χ4v) is 2.21. The molecule has 0 fully saturated rings. The van der Waals surface area contributed by atoms with E-state index in [2.05, 4.69) is 20.0 Å². The van der Waals surface area contributed by atoms with E-state index in [1.54, 1.807) is 19.1 Å². The second-order valence-corrected chi connectivity index (χ2v) is 5.72. The molecule has 0 saturated heterocycles. The van der Waals surface area contributed by atoms with Gasteiger partial charge in [0.1, 0.15) is 24.5 Å². The molecule has 0 spiro atoms. The van der Waals surface area contributed by atoms with Crippen molar-refractivity contribution in [2.75, 3.05) is 14.2 Å². The minimum absolute atomic E-state index is 0.0301. The van der Waals surface area contributed by atoms with Crippen LogP contribution in [0.25, 0.3) is 0 Å². The third-order valence-corrected chi connectivity index (χ3v) is 3.59. The van der Waals surface area contributed by atoms with Crippen molar-refractivity contribution in [3.05, 3.63) is 53.8 Å². The summed E-state index contributed by atoms with van der Waals surface area (Å²) in [6.07, 6.45) is 5.95. The molecule has 29 heavy (non-hydrogen) atoms. The number of ether oxygens (including phenoxy) is 2. The molecule has 1 aromatic rings. The van der Waals surface area contributed by atoms with Gasteiger partial charge in [0.05, 0.1) is 19.7 Å². The van der Waals surface area contributed by atoms with E-state index in [1.807, 2.05) is 0 Å². The number of benzene rings is 1. The standard InChI is InChI=1S/C20H24N2O7/c1-14-7-4-9-16(23)19(14)20(26)29-15(13-18(25)27-2)8-5-11-21-17(24)10-6-12-22-28-3/h4-7,9-12,15,23H,8,13H2,1-3H3,(H,21,24)/b10-6+,11-5+,22-12+/t15-/m0/s1. The van der Waals surface area contributed by atoms with Gasteiger partial charge in [-0.05, 0) is 24.6 Å². The van der Waals surface area contributed by atoms with Crippen molar-refractivity contribution in [3.63, 3.8) is 0 Å². The largest absolute Gasteiger partial charge is 0.507 e. The first-order chi connectivity index (χ1) is 13.9. The summed E-state index contributed by atoms with van der Waals surface area (Å²) in [7, 11) is 2.61. The van der Waals surface area contributed by atoms with Crippen LogP contribution in [0.4, 0.5) is 0 Å². The molecular weight excluding hydrogens is 380 g/mol. The predicted octanol–water partition coefficient (Wildman–Crippen LogP) is 2.00. The number of amides is 1. The van der Waals surface area contributed by atoms with Gasteiger partial charge in [-0.1, -0.05) is 23.4 Å². The van der Waals surface area contributed by atoms with Gasteiger partial charge >= 0.3 is 11.9 Å². The fraction of sp³-hybridized carbons (Fsp3) is 0.300. The van der Waals surface area contributed by atoms with Crippen molar-refractivity contribution in [1.82, 2.24) is 5.32 Å². The van der Waals surface area contributed by atoms with E-state index in [4.69, 9.17) is 4.74 Å². The molecule has 0 aromatic heterocycles. The first-order valence-corrected chi connectivity index (χ1v) is 8.64. The molecule has 156 valence electrons. The van der Waals surface area contributed by atoms with Crippen LogP contribution in [0.2, 0.25) is 0 Å². The highest BCUT2D eigenvalue weighted by atomic mass is 16.6. The van der Waals surface area contributed by atoms with Crippen LogP contribution >= 0.6 is 0 Å². The summed E-state index contributed by atoms with van der Waals surface area (Å²) in [6, 6.07) is 4.64. The van der Waals surface area contributed by atoms with Crippen LogP contribution < -0.4 is 5.32 Å². The van der Waals surface area contributed by atoms with Crippen LogP contribution in [0.1, 0.15) is 28.8 Å². The highest BCUT2D eigenvalue weighted by molar-refractivity contribution is 5.94. The molecule has 1 aromatic carbocycles. The van der Waals surface area contributed by atoms with Crippen molar-refractivity contribution in [2.24, 2.45) is 5.16 Å². The van der Waals surface area contributed by atoms with Gasteiger partial charge < -0.3 is 24.7 Å². The van der Waals surface area contributed by atoms with Gasteiger partial charge in [-0.3, -0.25) is 9.59 Å². The zero-order chi connectivity index (χ0) is 21.6. The number of esters is 2. The van der Waals surface area contributed by atoms with Crippen LogP contribution in [-0.2, 0) is 23.9 Å². The van der Waals surface area contributed by atoms with E-state index in [9.17, 15) is 19.5 Å². The lowest BCUT2D eigenvalue weighted by atomic mass is 10.1. The molecule has 0 aliphatic rings. The maximum Gasteiger partial charge on any atom is 0.342 e. The number of hydrogen-bond donors (Lipinski definition) is 2. The van der Waals surface area contributed by atoms with Gasteiger partial charge in [0, 0.05) is 18.7 Å². The second kappa shape index (κ2) is 12.7. The Morgan fingerprint density at radius 1 is 1.28 bits per heavy atom. The van der Waals surface area contributed by atoms with Gasteiger partial charge in [0.25, 0.3) is 0 Å². The SMILES string of the molecule is CO/N=C/C=C/C(=O)N/C=C/C[C@@H](CC(=O)OC)OC(=O)c1c(C)cccc1O. The Morgan fingerprint density at radius 3 is 2.69 bits per heavy atom. The number of methoxy groups -OCH3 is 1. The van der Waals surface area contributed by atoms with E-state index in [-0.39, 0.29) is 24.2 Å². The van der Waals surface area contributed by atoms with E-state index in [0.29, 0.717) is 5.56 Å². The number of carbonyl (C=O) groups is 3. The third-order valence-electron chi connectivity index (χ3n) is 3.59. The van der Waals surface area contributed by atoms with E-state index < -0.39 is 23.9 Å². The lowest BCUT2D eigenvalue weighted by Crippen LogP contribution is -2.23. The zero-order valence-corrected chi connectivity index (χ0v) is 16.5. The smallest absolute Gasteiger partial charge is 0.342 e. The van der Waals surface area contributed by atoms with Gasteiger partial charge in [0.15, 0.2) is 0 Å². The van der Waals surface area contributed by atoms with Gasteiger partial charge in [-0.25, -0.2) is 4.79 Å². The Kier molecular flexibility index (Phi) is 10.3. The minimum Gasteiger partial charge on any atom is -0.507 e. The van der Waals surface area contributed by atoms with E-state index in [0.717, 1.165) is 0 Å². The number of nitrogens with one attached hydrogen (secondary N) is 1.